The molecule has 0 saturated carbocycles. The van der Waals surface area contributed by atoms with E-state index in [1.54, 1.807) is 4.26 Å². The zero-order chi connectivity index (χ0) is 11.4. The van der Waals surface area contributed by atoms with Crippen LogP contribution in [0.2, 0.25) is 0 Å². The Kier molecular flexibility index (Phi) is 4.12. The van der Waals surface area contributed by atoms with Crippen LogP contribution in [-0.2, 0) is 0 Å². The van der Waals surface area contributed by atoms with E-state index >= 15 is 0 Å². The summed E-state index contributed by atoms with van der Waals surface area (Å²) in [6.07, 6.45) is 0. The van der Waals surface area contributed by atoms with Gasteiger partial charge in [-0.2, -0.15) is 4.51 Å². The van der Waals surface area contributed by atoms with Gasteiger partial charge in [0.15, 0.2) is 14.3 Å². The lowest BCUT2D eigenvalue weighted by Crippen LogP contribution is -1.97. The van der Waals surface area contributed by atoms with Crippen LogP contribution in [0, 0.1) is 0 Å². The smallest absolute Gasteiger partial charge is 0.182 e. The molecule has 0 spiro atoms. The summed E-state index contributed by atoms with van der Waals surface area (Å²) in [5, 5.41) is 0. The zero-order valence-corrected chi connectivity index (χ0v) is 12.0. The van der Waals surface area contributed by atoms with Crippen molar-refractivity contribution in [2.45, 2.75) is 19.8 Å². The Bertz CT molecular complexity index is 449. The molecule has 0 aliphatic rings. The van der Waals surface area contributed by atoms with Gasteiger partial charge in [0.05, 0.1) is 8.51 Å². The first-order valence-electron chi connectivity index (χ1n) is 5.00. The molecule has 2 aromatic rings. The molecule has 1 heterocycles. The van der Waals surface area contributed by atoms with Crippen molar-refractivity contribution < 1.29 is 4.84 Å². The summed E-state index contributed by atoms with van der Waals surface area (Å²) in [6, 6.07) is 8.23. The summed E-state index contributed by atoms with van der Waals surface area (Å²) < 4.78 is 9.17. The molecule has 0 amide bonds. The lowest BCUT2D eigenvalue weighted by atomic mass is 10.0. The largest absolute Gasteiger partial charge is 0.366 e. The minimum absolute atomic E-state index is 0.478. The van der Waals surface area contributed by atoms with Crippen LogP contribution in [0.25, 0.3) is 0 Å². The highest BCUT2D eigenvalue weighted by Gasteiger charge is 1.99. The van der Waals surface area contributed by atoms with Gasteiger partial charge in [0.1, 0.15) is 0 Å². The molecule has 1 N–H and O–H groups in total. The second kappa shape index (κ2) is 5.59. The number of H-pyrrole nitrogens is 1. The fourth-order valence-corrected chi connectivity index (χ4v) is 4.29. The van der Waals surface area contributed by atoms with Gasteiger partial charge in [0.2, 0.25) is 0 Å². The summed E-state index contributed by atoms with van der Waals surface area (Å²) in [5.74, 6) is 1.42. The van der Waals surface area contributed by atoms with E-state index in [2.05, 4.69) is 35.0 Å². The van der Waals surface area contributed by atoms with E-state index in [1.807, 2.05) is 12.1 Å². The van der Waals surface area contributed by atoms with E-state index < -0.39 is 0 Å². The van der Waals surface area contributed by atoms with E-state index in [4.69, 9.17) is 4.84 Å². The van der Waals surface area contributed by atoms with Crippen LogP contribution in [0.15, 0.2) is 24.3 Å². The maximum Gasteiger partial charge on any atom is 0.182 e. The number of benzene rings is 1. The molecule has 1 aromatic heterocycles. The van der Waals surface area contributed by atoms with Crippen LogP contribution in [-0.4, -0.2) is 13.3 Å². The average Bonchev–Trinajstić information content (AvgIpc) is 2.31. The molecule has 7 heteroatoms. The first kappa shape index (κ1) is 11.8. The summed E-state index contributed by atoms with van der Waals surface area (Å²) in [5.41, 5.74) is 1.33. The van der Waals surface area contributed by atoms with Gasteiger partial charge in [-0.1, -0.05) is 26.0 Å². The SMILES string of the molecule is CC(C)c1ccc(On2pn[pH][nH][pH]2)cc1. The number of hydrogen-bond acceptors (Lipinski definition) is 2. The van der Waals surface area contributed by atoms with E-state index in [9.17, 15) is 0 Å². The molecule has 0 radical (unpaired) electrons. The standard InChI is InChI=1S/C9H14N3OP3/c1-7(2)8-3-5-9(6-4-8)13-12-15-10-14-11-16-12/h3-7,10,14-15H,1-2H3. The monoisotopic (exact) mass is 273 g/mol. The van der Waals surface area contributed by atoms with Crippen LogP contribution in [0.4, 0.5) is 0 Å². The highest BCUT2D eigenvalue weighted by molar-refractivity contribution is 7.44. The predicted octanol–water partition coefficient (Wildman–Crippen LogP) is 3.94. The molecule has 0 aliphatic carbocycles. The molecule has 1 aromatic carbocycles. The third-order valence-electron chi connectivity index (χ3n) is 2.12. The molecule has 0 aliphatic heterocycles. The van der Waals surface area contributed by atoms with E-state index in [0.29, 0.717) is 22.9 Å². The zero-order valence-electron chi connectivity index (χ0n) is 9.14. The molecular formula is C9H14N3OP3. The van der Waals surface area contributed by atoms with Gasteiger partial charge in [0, 0.05) is 8.51 Å². The molecule has 86 valence electrons. The Balaban J connectivity index is 2.11. The van der Waals surface area contributed by atoms with Gasteiger partial charge in [-0.25, -0.2) is 0 Å². The van der Waals surface area contributed by atoms with Crippen LogP contribution in [0.3, 0.4) is 0 Å². The Labute approximate surface area is 99.4 Å². The molecule has 0 bridgehead atoms. The minimum Gasteiger partial charge on any atom is -0.366 e. The van der Waals surface area contributed by atoms with E-state index in [1.165, 1.54) is 5.56 Å². The number of nitrogens with one attached hydrogen (secondary N) is 1. The second-order valence-corrected chi connectivity index (χ2v) is 7.20. The van der Waals surface area contributed by atoms with Crippen molar-refractivity contribution in [3.8, 4) is 5.75 Å². The number of aromatic amines is 1. The third-order valence-corrected chi connectivity index (χ3v) is 4.87. The van der Waals surface area contributed by atoms with E-state index in [0.717, 1.165) is 14.3 Å². The summed E-state index contributed by atoms with van der Waals surface area (Å²) in [7, 11) is 1.86. The van der Waals surface area contributed by atoms with Gasteiger partial charge < -0.3 is 9.35 Å². The van der Waals surface area contributed by atoms with Gasteiger partial charge >= 0.3 is 0 Å². The van der Waals surface area contributed by atoms with Crippen molar-refractivity contribution >= 4 is 25.5 Å². The quantitative estimate of drug-likeness (QED) is 0.920. The molecule has 2 unspecified atom stereocenters. The first-order valence-corrected chi connectivity index (χ1v) is 7.69. The van der Waals surface area contributed by atoms with Crippen LogP contribution < -0.4 is 4.84 Å². The van der Waals surface area contributed by atoms with Crippen molar-refractivity contribution in [2.75, 3.05) is 0 Å². The Morgan fingerprint density at radius 1 is 1.38 bits per heavy atom. The highest BCUT2D eigenvalue weighted by Crippen LogP contribution is 2.21. The second-order valence-electron chi connectivity index (χ2n) is 3.63. The molecular weight excluding hydrogens is 259 g/mol. The van der Waals surface area contributed by atoms with Gasteiger partial charge in [-0.15, -0.1) is 4.26 Å². The number of rotatable bonds is 3. The summed E-state index contributed by atoms with van der Waals surface area (Å²) >= 11 is 0. The average molecular weight is 273 g/mol. The van der Waals surface area contributed by atoms with Gasteiger partial charge in [-0.3, -0.25) is 0 Å². The topological polar surface area (TPSA) is 42.8 Å². The van der Waals surface area contributed by atoms with E-state index in [-0.39, 0.29) is 0 Å². The van der Waals surface area contributed by atoms with Crippen molar-refractivity contribution in [3.63, 3.8) is 0 Å². The highest BCUT2D eigenvalue weighted by atomic mass is 31.1. The van der Waals surface area contributed by atoms with Crippen LogP contribution in [0.5, 0.6) is 5.75 Å². The van der Waals surface area contributed by atoms with Crippen molar-refractivity contribution in [1.82, 2.24) is 13.3 Å². The molecule has 16 heavy (non-hydrogen) atoms. The van der Waals surface area contributed by atoms with Crippen molar-refractivity contribution in [1.29, 1.82) is 0 Å². The molecule has 0 saturated heterocycles. The lowest BCUT2D eigenvalue weighted by molar-refractivity contribution is 0.276. The summed E-state index contributed by atoms with van der Waals surface area (Å²) in [4.78, 5) is 5.67. The lowest BCUT2D eigenvalue weighted by Gasteiger charge is -2.08. The number of nitrogens with zero attached hydrogens (tertiary/aromatic N) is 2. The van der Waals surface area contributed by atoms with Crippen LogP contribution in [0.1, 0.15) is 25.3 Å². The van der Waals surface area contributed by atoms with Gasteiger partial charge in [-0.05, 0) is 23.6 Å². The molecule has 2 atom stereocenters. The Hall–Kier alpha value is -0.680. The fraction of sp³-hybridized carbons (Fsp3) is 0.333. The Morgan fingerprint density at radius 3 is 2.69 bits per heavy atom. The van der Waals surface area contributed by atoms with Gasteiger partial charge in [0.25, 0.3) is 0 Å². The minimum atomic E-state index is 0.478. The maximum atomic E-state index is 5.67. The fourth-order valence-electron chi connectivity index (χ4n) is 1.24. The molecule has 4 nitrogen and oxygen atoms in total. The summed E-state index contributed by atoms with van der Waals surface area (Å²) in [6.45, 7) is 4.37. The number of hydrogen-bond donors (Lipinski definition) is 1. The van der Waals surface area contributed by atoms with Crippen molar-refractivity contribution in [3.05, 3.63) is 29.8 Å². The first-order chi connectivity index (χ1) is 7.75. The van der Waals surface area contributed by atoms with Crippen LogP contribution >= 0.6 is 25.5 Å². The Morgan fingerprint density at radius 2 is 2.12 bits per heavy atom. The maximum absolute atomic E-state index is 5.67. The van der Waals surface area contributed by atoms with Crippen molar-refractivity contribution in [2.24, 2.45) is 0 Å². The predicted molar refractivity (Wildman–Crippen MR) is 72.3 cm³/mol. The molecule has 2 rings (SSSR count). The number of aromatic nitrogens is 3. The third kappa shape index (κ3) is 3.15. The molecule has 0 fully saturated rings. The normalized spacial score (nSPS) is 11.9.